The highest BCUT2D eigenvalue weighted by Gasteiger charge is 2.30. The van der Waals surface area contributed by atoms with E-state index in [4.69, 9.17) is 27.9 Å². The smallest absolute Gasteiger partial charge is 0.261 e. The third kappa shape index (κ3) is 6.70. The van der Waals surface area contributed by atoms with Crippen molar-refractivity contribution in [3.63, 3.8) is 0 Å². The molecule has 0 saturated carbocycles. The van der Waals surface area contributed by atoms with Gasteiger partial charge < -0.3 is 15.0 Å². The number of carbonyl (C=O) groups is 2. The number of likely N-dealkylation sites (N-methyl/N-ethyl adjacent to an activating group) is 1. The van der Waals surface area contributed by atoms with E-state index < -0.39 is 24.4 Å². The first-order valence-corrected chi connectivity index (χ1v) is 11.0. The Morgan fingerprint density at radius 3 is 2.33 bits per heavy atom. The van der Waals surface area contributed by atoms with Crippen LogP contribution in [0, 0.1) is 5.82 Å². The van der Waals surface area contributed by atoms with Gasteiger partial charge in [-0.15, -0.1) is 0 Å². The molecule has 0 fully saturated rings. The van der Waals surface area contributed by atoms with Gasteiger partial charge in [0.2, 0.25) is 5.91 Å². The predicted molar refractivity (Wildman–Crippen MR) is 127 cm³/mol. The molecule has 0 aliphatic carbocycles. The number of hydrogen-bond donors (Lipinski definition) is 1. The fourth-order valence-electron chi connectivity index (χ4n) is 3.34. The molecule has 3 aromatic carbocycles. The fraction of sp³-hybridized carbons (Fsp3) is 0.200. The van der Waals surface area contributed by atoms with Gasteiger partial charge in [-0.05, 0) is 35.4 Å². The second kappa shape index (κ2) is 11.7. The average molecular weight is 489 g/mol. The number of rotatable bonds is 9. The van der Waals surface area contributed by atoms with Gasteiger partial charge in [0, 0.05) is 20.0 Å². The van der Waals surface area contributed by atoms with E-state index in [2.05, 4.69) is 5.32 Å². The van der Waals surface area contributed by atoms with Crippen molar-refractivity contribution in [1.29, 1.82) is 0 Å². The molecule has 0 spiro atoms. The second-order valence-electron chi connectivity index (χ2n) is 7.31. The van der Waals surface area contributed by atoms with Gasteiger partial charge in [0.25, 0.3) is 5.91 Å². The number of nitrogens with one attached hydrogen (secondary N) is 1. The van der Waals surface area contributed by atoms with Crippen LogP contribution in [0.25, 0.3) is 0 Å². The van der Waals surface area contributed by atoms with Crippen molar-refractivity contribution >= 4 is 35.0 Å². The Hall–Kier alpha value is -3.09. The van der Waals surface area contributed by atoms with Gasteiger partial charge in [-0.1, -0.05) is 71.7 Å². The molecule has 5 nitrogen and oxygen atoms in total. The summed E-state index contributed by atoms with van der Waals surface area (Å²) < 4.78 is 19.4. The SMILES string of the molecule is CNC(=O)[C@H](Cc1ccccc1)N(Cc1ccc(Cl)c(Cl)c1)C(=O)COc1ccccc1F. The van der Waals surface area contributed by atoms with E-state index in [-0.39, 0.29) is 24.6 Å². The number of para-hydroxylation sites is 1. The molecule has 172 valence electrons. The largest absolute Gasteiger partial charge is 0.481 e. The molecule has 0 radical (unpaired) electrons. The molecule has 1 atom stereocenters. The van der Waals surface area contributed by atoms with Gasteiger partial charge in [-0.3, -0.25) is 9.59 Å². The minimum absolute atomic E-state index is 0.0418. The molecular weight excluding hydrogens is 466 g/mol. The summed E-state index contributed by atoms with van der Waals surface area (Å²) in [6.07, 6.45) is 0.285. The van der Waals surface area contributed by atoms with Gasteiger partial charge in [0.15, 0.2) is 18.2 Å². The van der Waals surface area contributed by atoms with Gasteiger partial charge in [-0.2, -0.15) is 0 Å². The molecule has 2 amide bonds. The van der Waals surface area contributed by atoms with Crippen molar-refractivity contribution in [2.75, 3.05) is 13.7 Å². The lowest BCUT2D eigenvalue weighted by Crippen LogP contribution is -2.51. The molecule has 0 aliphatic rings. The van der Waals surface area contributed by atoms with Gasteiger partial charge in [0.1, 0.15) is 6.04 Å². The predicted octanol–water partition coefficient (Wildman–Crippen LogP) is 4.90. The first-order valence-electron chi connectivity index (χ1n) is 10.2. The Morgan fingerprint density at radius 1 is 0.970 bits per heavy atom. The number of halogens is 3. The van der Waals surface area contributed by atoms with Crippen LogP contribution >= 0.6 is 23.2 Å². The van der Waals surface area contributed by atoms with E-state index in [1.54, 1.807) is 24.3 Å². The summed E-state index contributed by atoms with van der Waals surface area (Å²) in [6.45, 7) is -0.355. The summed E-state index contributed by atoms with van der Waals surface area (Å²) in [5.74, 6) is -1.43. The second-order valence-corrected chi connectivity index (χ2v) is 8.12. The lowest BCUT2D eigenvalue weighted by atomic mass is 10.0. The zero-order valence-electron chi connectivity index (χ0n) is 17.9. The highest BCUT2D eigenvalue weighted by atomic mass is 35.5. The maximum absolute atomic E-state index is 14.0. The number of nitrogens with zero attached hydrogens (tertiary/aromatic N) is 1. The van der Waals surface area contributed by atoms with Crippen molar-refractivity contribution in [2.24, 2.45) is 0 Å². The van der Waals surface area contributed by atoms with E-state index in [1.807, 2.05) is 30.3 Å². The summed E-state index contributed by atoms with van der Waals surface area (Å²) in [5, 5.41) is 3.35. The Kier molecular flexibility index (Phi) is 8.69. The lowest BCUT2D eigenvalue weighted by molar-refractivity contribution is -0.142. The molecule has 0 heterocycles. The summed E-state index contributed by atoms with van der Waals surface area (Å²) in [5.41, 5.74) is 1.57. The van der Waals surface area contributed by atoms with Crippen LogP contribution in [0.15, 0.2) is 72.8 Å². The maximum Gasteiger partial charge on any atom is 0.261 e. The molecule has 0 unspecified atom stereocenters. The molecule has 1 N–H and O–H groups in total. The van der Waals surface area contributed by atoms with Crippen LogP contribution in [0.3, 0.4) is 0 Å². The van der Waals surface area contributed by atoms with E-state index in [0.29, 0.717) is 15.6 Å². The molecule has 3 rings (SSSR count). The minimum Gasteiger partial charge on any atom is -0.481 e. The Morgan fingerprint density at radius 2 is 1.67 bits per heavy atom. The van der Waals surface area contributed by atoms with Crippen LogP contribution in [-0.2, 0) is 22.6 Å². The molecule has 0 saturated heterocycles. The summed E-state index contributed by atoms with van der Waals surface area (Å²) in [4.78, 5) is 27.5. The highest BCUT2D eigenvalue weighted by Crippen LogP contribution is 2.24. The Balaban J connectivity index is 1.90. The standard InChI is InChI=1S/C25H23Cl2FN2O3/c1-29-25(32)22(14-17-7-3-2-4-8-17)30(15-18-11-12-19(26)20(27)13-18)24(31)16-33-23-10-6-5-9-21(23)28/h2-13,22H,14-16H2,1H3,(H,29,32)/t22-/m0/s1. The zero-order chi connectivity index (χ0) is 23.8. The first-order chi connectivity index (χ1) is 15.9. The third-order valence-electron chi connectivity index (χ3n) is 5.04. The zero-order valence-corrected chi connectivity index (χ0v) is 19.4. The first kappa shape index (κ1) is 24.6. The van der Waals surface area contributed by atoms with Crippen molar-refractivity contribution in [3.8, 4) is 5.75 Å². The molecule has 0 aliphatic heterocycles. The van der Waals surface area contributed by atoms with Crippen molar-refractivity contribution < 1.29 is 18.7 Å². The summed E-state index contributed by atoms with van der Waals surface area (Å²) in [6, 6.07) is 19.4. The number of carbonyl (C=O) groups excluding carboxylic acids is 2. The van der Waals surface area contributed by atoms with Gasteiger partial charge >= 0.3 is 0 Å². The molecule has 0 aromatic heterocycles. The molecular formula is C25H23Cl2FN2O3. The van der Waals surface area contributed by atoms with Crippen LogP contribution in [0.1, 0.15) is 11.1 Å². The Labute approximate surface area is 202 Å². The van der Waals surface area contributed by atoms with Crippen LogP contribution in [0.5, 0.6) is 5.75 Å². The molecule has 0 bridgehead atoms. The van der Waals surface area contributed by atoms with E-state index in [1.165, 1.54) is 30.1 Å². The van der Waals surface area contributed by atoms with Crippen LogP contribution in [0.4, 0.5) is 4.39 Å². The average Bonchev–Trinajstić information content (AvgIpc) is 2.83. The molecule has 3 aromatic rings. The summed E-state index contributed by atoms with van der Waals surface area (Å²) in [7, 11) is 1.51. The van der Waals surface area contributed by atoms with E-state index in [0.717, 1.165) is 5.56 Å². The van der Waals surface area contributed by atoms with E-state index >= 15 is 0 Å². The lowest BCUT2D eigenvalue weighted by Gasteiger charge is -2.31. The van der Waals surface area contributed by atoms with Crippen LogP contribution in [-0.4, -0.2) is 36.4 Å². The van der Waals surface area contributed by atoms with Crippen molar-refractivity contribution in [1.82, 2.24) is 10.2 Å². The number of ether oxygens (including phenoxy) is 1. The number of amides is 2. The van der Waals surface area contributed by atoms with Crippen LogP contribution in [0.2, 0.25) is 10.0 Å². The molecule has 8 heteroatoms. The maximum atomic E-state index is 14.0. The fourth-order valence-corrected chi connectivity index (χ4v) is 3.66. The monoisotopic (exact) mass is 488 g/mol. The quantitative estimate of drug-likeness (QED) is 0.466. The highest BCUT2D eigenvalue weighted by molar-refractivity contribution is 6.42. The number of hydrogen-bond acceptors (Lipinski definition) is 3. The van der Waals surface area contributed by atoms with Crippen molar-refractivity contribution in [2.45, 2.75) is 19.0 Å². The summed E-state index contributed by atoms with van der Waals surface area (Å²) >= 11 is 12.2. The topological polar surface area (TPSA) is 58.6 Å². The van der Waals surface area contributed by atoms with Gasteiger partial charge in [0.05, 0.1) is 10.0 Å². The minimum atomic E-state index is -0.830. The Bertz CT molecular complexity index is 1110. The van der Waals surface area contributed by atoms with Crippen LogP contribution < -0.4 is 10.1 Å². The van der Waals surface area contributed by atoms with E-state index in [9.17, 15) is 14.0 Å². The third-order valence-corrected chi connectivity index (χ3v) is 5.78. The molecule has 33 heavy (non-hydrogen) atoms. The normalized spacial score (nSPS) is 11.5. The van der Waals surface area contributed by atoms with Gasteiger partial charge in [-0.25, -0.2) is 4.39 Å². The van der Waals surface area contributed by atoms with Crippen molar-refractivity contribution in [3.05, 3.63) is 99.8 Å². The number of benzene rings is 3.